The lowest BCUT2D eigenvalue weighted by Crippen LogP contribution is -2.28. The van der Waals surface area contributed by atoms with E-state index in [9.17, 15) is 4.79 Å². The molecule has 2 aromatic rings. The van der Waals surface area contributed by atoms with Gasteiger partial charge in [-0.25, -0.2) is 0 Å². The van der Waals surface area contributed by atoms with Crippen LogP contribution in [0.3, 0.4) is 0 Å². The molecule has 4 nitrogen and oxygen atoms in total. The van der Waals surface area contributed by atoms with Gasteiger partial charge in [-0.1, -0.05) is 11.6 Å². The third kappa shape index (κ3) is 2.79. The zero-order valence-electron chi connectivity index (χ0n) is 12.6. The summed E-state index contributed by atoms with van der Waals surface area (Å²) in [6.45, 7) is 3.14. The molecule has 1 amide bonds. The van der Waals surface area contributed by atoms with Crippen molar-refractivity contribution in [3.63, 3.8) is 0 Å². The van der Waals surface area contributed by atoms with Crippen LogP contribution in [0.25, 0.3) is 0 Å². The summed E-state index contributed by atoms with van der Waals surface area (Å²) in [6, 6.07) is 9.59. The van der Waals surface area contributed by atoms with Crippen LogP contribution in [0.1, 0.15) is 22.5 Å². The molecular weight excluding hydrogens is 332 g/mol. The van der Waals surface area contributed by atoms with Crippen LogP contribution in [0.4, 0.5) is 10.7 Å². The molecule has 0 N–H and O–H groups in total. The summed E-state index contributed by atoms with van der Waals surface area (Å²) in [6.07, 6.45) is 2.22. The number of anilines is 2. The minimum Gasteiger partial charge on any atom is -0.490 e. The maximum atomic E-state index is 12.5. The van der Waals surface area contributed by atoms with Gasteiger partial charge in [0, 0.05) is 18.1 Å². The van der Waals surface area contributed by atoms with E-state index < -0.39 is 0 Å². The number of hydrogen-bond acceptors (Lipinski definition) is 4. The van der Waals surface area contributed by atoms with E-state index in [2.05, 4.69) is 4.90 Å². The Labute approximate surface area is 144 Å². The number of nitrogens with zero attached hydrogens (tertiary/aromatic N) is 2. The summed E-state index contributed by atoms with van der Waals surface area (Å²) in [5, 5.41) is 1.74. The van der Waals surface area contributed by atoms with Crippen molar-refractivity contribution in [1.29, 1.82) is 0 Å². The molecule has 0 spiro atoms. The van der Waals surface area contributed by atoms with E-state index in [0.717, 1.165) is 53.8 Å². The number of thiophene rings is 1. The predicted molar refractivity (Wildman–Crippen MR) is 93.4 cm³/mol. The van der Waals surface area contributed by atoms with Gasteiger partial charge in [-0.05, 0) is 43.2 Å². The molecule has 1 fully saturated rings. The molecule has 0 atom stereocenters. The monoisotopic (exact) mass is 348 g/mol. The molecule has 3 heterocycles. The first-order valence-electron chi connectivity index (χ1n) is 7.81. The van der Waals surface area contributed by atoms with E-state index in [-0.39, 0.29) is 5.91 Å². The molecular formula is C17H17ClN2O2S. The van der Waals surface area contributed by atoms with E-state index in [1.807, 2.05) is 35.2 Å². The summed E-state index contributed by atoms with van der Waals surface area (Å²) >= 11 is 7.67. The fourth-order valence-corrected chi connectivity index (χ4v) is 4.26. The minimum atomic E-state index is 0.151. The van der Waals surface area contributed by atoms with Gasteiger partial charge < -0.3 is 14.5 Å². The van der Waals surface area contributed by atoms with Crippen LogP contribution >= 0.6 is 22.9 Å². The Hall–Kier alpha value is -1.72. The third-order valence-corrected chi connectivity index (χ3v) is 5.58. The maximum absolute atomic E-state index is 12.5. The summed E-state index contributed by atoms with van der Waals surface area (Å²) in [7, 11) is 0. The van der Waals surface area contributed by atoms with Crippen molar-refractivity contribution in [2.24, 2.45) is 0 Å². The second-order valence-electron chi connectivity index (χ2n) is 5.75. The highest BCUT2D eigenvalue weighted by Crippen LogP contribution is 2.41. The number of fused-ring (bicyclic) bond motifs is 1. The molecule has 1 aromatic heterocycles. The number of benzene rings is 1. The van der Waals surface area contributed by atoms with Crippen LogP contribution in [0.2, 0.25) is 5.02 Å². The van der Waals surface area contributed by atoms with Gasteiger partial charge in [0.25, 0.3) is 5.91 Å². The minimum absolute atomic E-state index is 0.151. The van der Waals surface area contributed by atoms with Crippen LogP contribution in [-0.2, 0) is 0 Å². The standard InChI is InChI=1S/C17H17ClN2O2S/c18-12-3-4-14-13(11-12)20(9-10-22-14)16-6-5-15(23-16)17(21)19-7-1-2-8-19/h3-6,11H,1-2,7-10H2. The number of rotatable bonds is 2. The average Bonchev–Trinajstić information content (AvgIpc) is 3.25. The number of hydrogen-bond donors (Lipinski definition) is 0. The average molecular weight is 349 g/mol. The molecule has 0 radical (unpaired) electrons. The lowest BCUT2D eigenvalue weighted by molar-refractivity contribution is 0.0797. The first-order chi connectivity index (χ1) is 11.2. The summed E-state index contributed by atoms with van der Waals surface area (Å²) < 4.78 is 5.69. The first-order valence-corrected chi connectivity index (χ1v) is 9.01. The van der Waals surface area contributed by atoms with Gasteiger partial charge in [-0.15, -0.1) is 11.3 Å². The van der Waals surface area contributed by atoms with Crippen LogP contribution in [0.15, 0.2) is 30.3 Å². The normalized spacial score (nSPS) is 17.1. The Bertz CT molecular complexity index is 740. The van der Waals surface area contributed by atoms with Crippen LogP contribution in [-0.4, -0.2) is 37.0 Å². The van der Waals surface area contributed by atoms with Crippen molar-refractivity contribution >= 4 is 39.5 Å². The van der Waals surface area contributed by atoms with E-state index in [4.69, 9.17) is 16.3 Å². The molecule has 0 bridgehead atoms. The Morgan fingerprint density at radius 2 is 1.96 bits per heavy atom. The van der Waals surface area contributed by atoms with Crippen molar-refractivity contribution in [2.75, 3.05) is 31.1 Å². The third-order valence-electron chi connectivity index (χ3n) is 4.25. The number of halogens is 1. The van der Waals surface area contributed by atoms with E-state index in [1.54, 1.807) is 0 Å². The van der Waals surface area contributed by atoms with E-state index in [0.29, 0.717) is 11.6 Å². The molecule has 1 aromatic carbocycles. The fraction of sp³-hybridized carbons (Fsp3) is 0.353. The summed E-state index contributed by atoms with van der Waals surface area (Å²) in [5.74, 6) is 0.986. The predicted octanol–water partition coefficient (Wildman–Crippen LogP) is 4.17. The van der Waals surface area contributed by atoms with Crippen LogP contribution in [0, 0.1) is 0 Å². The Morgan fingerprint density at radius 1 is 1.13 bits per heavy atom. The molecule has 23 heavy (non-hydrogen) atoms. The first kappa shape index (κ1) is 14.8. The van der Waals surface area contributed by atoms with Crippen molar-refractivity contribution in [1.82, 2.24) is 4.90 Å². The zero-order chi connectivity index (χ0) is 15.8. The number of likely N-dealkylation sites (tertiary alicyclic amines) is 1. The van der Waals surface area contributed by atoms with E-state index >= 15 is 0 Å². The highest BCUT2D eigenvalue weighted by molar-refractivity contribution is 7.18. The van der Waals surface area contributed by atoms with Crippen molar-refractivity contribution in [2.45, 2.75) is 12.8 Å². The lowest BCUT2D eigenvalue weighted by Gasteiger charge is -2.30. The Morgan fingerprint density at radius 3 is 2.78 bits per heavy atom. The van der Waals surface area contributed by atoms with Gasteiger partial charge in [-0.2, -0.15) is 0 Å². The van der Waals surface area contributed by atoms with E-state index in [1.165, 1.54) is 11.3 Å². The molecule has 0 saturated carbocycles. The smallest absolute Gasteiger partial charge is 0.263 e. The molecule has 120 valence electrons. The second-order valence-corrected chi connectivity index (χ2v) is 7.25. The van der Waals surface area contributed by atoms with Crippen molar-refractivity contribution < 1.29 is 9.53 Å². The molecule has 2 aliphatic rings. The molecule has 2 aliphatic heterocycles. The van der Waals surface area contributed by atoms with Gasteiger partial charge in [0.15, 0.2) is 0 Å². The number of ether oxygens (including phenoxy) is 1. The fourth-order valence-electron chi connectivity index (χ4n) is 3.08. The van der Waals surface area contributed by atoms with Crippen molar-refractivity contribution in [3.8, 4) is 5.75 Å². The SMILES string of the molecule is O=C(c1ccc(N2CCOc3ccc(Cl)cc32)s1)N1CCCC1. The Balaban J connectivity index is 1.63. The highest BCUT2D eigenvalue weighted by atomic mass is 35.5. The molecule has 6 heteroatoms. The van der Waals surface area contributed by atoms with Crippen molar-refractivity contribution in [3.05, 3.63) is 40.2 Å². The Kier molecular flexibility index (Phi) is 3.91. The number of amides is 1. The lowest BCUT2D eigenvalue weighted by atomic mass is 10.2. The topological polar surface area (TPSA) is 32.8 Å². The largest absolute Gasteiger partial charge is 0.490 e. The van der Waals surface area contributed by atoms with Gasteiger partial charge in [0.1, 0.15) is 12.4 Å². The van der Waals surface area contributed by atoms with Gasteiger partial charge in [0.05, 0.1) is 22.1 Å². The molecule has 0 unspecified atom stereocenters. The second kappa shape index (κ2) is 6.06. The number of carbonyl (C=O) groups is 1. The number of carbonyl (C=O) groups excluding carboxylic acids is 1. The van der Waals surface area contributed by atoms with Crippen LogP contribution in [0.5, 0.6) is 5.75 Å². The molecule has 1 saturated heterocycles. The summed E-state index contributed by atoms with van der Waals surface area (Å²) in [4.78, 5) is 17.4. The quantitative estimate of drug-likeness (QED) is 0.816. The van der Waals surface area contributed by atoms with Gasteiger partial charge in [-0.3, -0.25) is 4.79 Å². The maximum Gasteiger partial charge on any atom is 0.263 e. The van der Waals surface area contributed by atoms with Gasteiger partial charge >= 0.3 is 0 Å². The molecule has 0 aliphatic carbocycles. The highest BCUT2D eigenvalue weighted by Gasteiger charge is 2.24. The summed E-state index contributed by atoms with van der Waals surface area (Å²) in [5.41, 5.74) is 0.964. The zero-order valence-corrected chi connectivity index (χ0v) is 14.2. The molecule has 4 rings (SSSR count). The van der Waals surface area contributed by atoms with Crippen LogP contribution < -0.4 is 9.64 Å². The van der Waals surface area contributed by atoms with Gasteiger partial charge in [0.2, 0.25) is 0 Å².